The van der Waals surface area contributed by atoms with Gasteiger partial charge < -0.3 is 8.98 Å². The van der Waals surface area contributed by atoms with Crippen molar-refractivity contribution in [2.24, 2.45) is 5.10 Å². The Morgan fingerprint density at radius 2 is 2.00 bits per heavy atom. The number of hydrogen-bond donors (Lipinski definition) is 1. The number of hydrogen-bond acceptors (Lipinski definition) is 5. The highest BCUT2D eigenvalue weighted by molar-refractivity contribution is 7.99. The van der Waals surface area contributed by atoms with Crippen molar-refractivity contribution in [1.82, 2.24) is 15.0 Å². The number of furan rings is 1. The van der Waals surface area contributed by atoms with Gasteiger partial charge in [0.2, 0.25) is 0 Å². The van der Waals surface area contributed by atoms with Gasteiger partial charge in [0.25, 0.3) is 5.91 Å². The van der Waals surface area contributed by atoms with Gasteiger partial charge in [-0.1, -0.05) is 53.7 Å². The van der Waals surface area contributed by atoms with Crippen LogP contribution in [0.2, 0.25) is 5.02 Å². The summed E-state index contributed by atoms with van der Waals surface area (Å²) in [5, 5.41) is 5.34. The lowest BCUT2D eigenvalue weighted by Gasteiger charge is -2.10. The van der Waals surface area contributed by atoms with E-state index in [0.29, 0.717) is 17.3 Å². The molecule has 0 aliphatic rings. The van der Waals surface area contributed by atoms with E-state index in [1.807, 2.05) is 48.5 Å². The van der Waals surface area contributed by atoms with E-state index in [4.69, 9.17) is 16.0 Å². The fourth-order valence-corrected chi connectivity index (χ4v) is 3.81. The zero-order chi connectivity index (χ0) is 20.1. The predicted octanol–water partition coefficient (Wildman–Crippen LogP) is 4.57. The summed E-state index contributed by atoms with van der Waals surface area (Å²) in [6, 6.07) is 19.1. The van der Waals surface area contributed by atoms with E-state index in [9.17, 15) is 4.79 Å². The SMILES string of the molecule is O=C(CSc1nc2ccccc2n1Cc1ccccc1Cl)N/N=C\c1ccco1. The zero-order valence-electron chi connectivity index (χ0n) is 15.3. The number of amides is 1. The van der Waals surface area contributed by atoms with E-state index in [1.54, 1.807) is 18.4 Å². The molecule has 146 valence electrons. The first-order valence-electron chi connectivity index (χ1n) is 8.87. The quantitative estimate of drug-likeness (QED) is 0.268. The van der Waals surface area contributed by atoms with Crippen LogP contribution in [-0.4, -0.2) is 27.4 Å². The second-order valence-electron chi connectivity index (χ2n) is 6.16. The number of nitrogens with zero attached hydrogens (tertiary/aromatic N) is 3. The number of thioether (sulfide) groups is 1. The van der Waals surface area contributed by atoms with Gasteiger partial charge in [0.1, 0.15) is 5.76 Å². The topological polar surface area (TPSA) is 72.4 Å². The monoisotopic (exact) mass is 424 g/mol. The average Bonchev–Trinajstić information content (AvgIpc) is 3.36. The van der Waals surface area contributed by atoms with Crippen molar-refractivity contribution < 1.29 is 9.21 Å². The Hall–Kier alpha value is -3.03. The van der Waals surface area contributed by atoms with Crippen LogP contribution in [0.25, 0.3) is 11.0 Å². The maximum absolute atomic E-state index is 12.1. The highest BCUT2D eigenvalue weighted by Gasteiger charge is 2.14. The lowest BCUT2D eigenvalue weighted by atomic mass is 10.2. The molecule has 0 radical (unpaired) electrons. The Labute approximate surface area is 176 Å². The van der Waals surface area contributed by atoms with Gasteiger partial charge in [-0.15, -0.1) is 0 Å². The van der Waals surface area contributed by atoms with Crippen molar-refractivity contribution in [3.05, 3.63) is 83.3 Å². The summed E-state index contributed by atoms with van der Waals surface area (Å²) >= 11 is 7.70. The molecule has 1 N–H and O–H groups in total. The fraction of sp³-hybridized carbons (Fsp3) is 0.0952. The van der Waals surface area contributed by atoms with E-state index in [-0.39, 0.29) is 11.7 Å². The van der Waals surface area contributed by atoms with Crippen molar-refractivity contribution in [2.45, 2.75) is 11.7 Å². The molecule has 6 nitrogen and oxygen atoms in total. The molecule has 2 aromatic heterocycles. The summed E-state index contributed by atoms with van der Waals surface area (Å²) in [6.45, 7) is 0.570. The molecule has 2 aromatic carbocycles. The van der Waals surface area contributed by atoms with Crippen molar-refractivity contribution >= 4 is 46.5 Å². The second-order valence-corrected chi connectivity index (χ2v) is 7.51. The number of rotatable bonds is 7. The molecule has 4 aromatic rings. The maximum atomic E-state index is 12.1. The van der Waals surface area contributed by atoms with E-state index in [1.165, 1.54) is 18.0 Å². The van der Waals surface area contributed by atoms with Crippen LogP contribution in [-0.2, 0) is 11.3 Å². The zero-order valence-corrected chi connectivity index (χ0v) is 16.9. The van der Waals surface area contributed by atoms with Crippen LogP contribution in [0.15, 0.2) is 81.6 Å². The van der Waals surface area contributed by atoms with Crippen LogP contribution >= 0.6 is 23.4 Å². The molecule has 0 spiro atoms. The summed E-state index contributed by atoms with van der Waals surface area (Å²) < 4.78 is 7.20. The lowest BCUT2D eigenvalue weighted by Crippen LogP contribution is -2.20. The van der Waals surface area contributed by atoms with Gasteiger partial charge in [0, 0.05) is 5.02 Å². The number of halogens is 1. The molecule has 1 amide bonds. The average molecular weight is 425 g/mol. The van der Waals surface area contributed by atoms with E-state index in [2.05, 4.69) is 20.1 Å². The number of para-hydroxylation sites is 2. The molecule has 0 unspecified atom stereocenters. The minimum atomic E-state index is -0.228. The maximum Gasteiger partial charge on any atom is 0.250 e. The highest BCUT2D eigenvalue weighted by atomic mass is 35.5. The van der Waals surface area contributed by atoms with Gasteiger partial charge in [-0.05, 0) is 35.9 Å². The minimum Gasteiger partial charge on any atom is -0.463 e. The number of nitrogens with one attached hydrogen (secondary N) is 1. The number of aromatic nitrogens is 2. The Bertz CT molecular complexity index is 1150. The largest absolute Gasteiger partial charge is 0.463 e. The Morgan fingerprint density at radius 1 is 1.17 bits per heavy atom. The van der Waals surface area contributed by atoms with Crippen LogP contribution in [0, 0.1) is 0 Å². The first-order chi connectivity index (χ1) is 14.2. The first-order valence-corrected chi connectivity index (χ1v) is 10.2. The van der Waals surface area contributed by atoms with E-state index in [0.717, 1.165) is 21.8 Å². The Balaban J connectivity index is 1.49. The normalized spacial score (nSPS) is 11.3. The summed E-state index contributed by atoms with van der Waals surface area (Å²) in [4.78, 5) is 16.8. The summed E-state index contributed by atoms with van der Waals surface area (Å²) in [5.41, 5.74) is 5.35. The molecular formula is C21H17ClN4O2S. The molecule has 0 aliphatic carbocycles. The van der Waals surface area contributed by atoms with Crippen LogP contribution in [0.3, 0.4) is 0 Å². The van der Waals surface area contributed by atoms with Crippen molar-refractivity contribution in [3.8, 4) is 0 Å². The third-order valence-corrected chi connectivity index (χ3v) is 5.51. The molecule has 2 heterocycles. The molecule has 8 heteroatoms. The van der Waals surface area contributed by atoms with Crippen molar-refractivity contribution in [1.29, 1.82) is 0 Å². The predicted molar refractivity (Wildman–Crippen MR) is 115 cm³/mol. The molecular weight excluding hydrogens is 408 g/mol. The number of imidazole rings is 1. The number of carbonyl (C=O) groups is 1. The third kappa shape index (κ3) is 4.70. The Morgan fingerprint density at radius 3 is 2.83 bits per heavy atom. The fourth-order valence-electron chi connectivity index (χ4n) is 2.81. The molecule has 0 aliphatic heterocycles. The van der Waals surface area contributed by atoms with Gasteiger partial charge in [-0.3, -0.25) is 4.79 Å². The van der Waals surface area contributed by atoms with Gasteiger partial charge in [-0.25, -0.2) is 10.4 Å². The van der Waals surface area contributed by atoms with Crippen LogP contribution in [0.4, 0.5) is 0 Å². The van der Waals surface area contributed by atoms with Gasteiger partial charge in [-0.2, -0.15) is 5.10 Å². The highest BCUT2D eigenvalue weighted by Crippen LogP contribution is 2.26. The third-order valence-electron chi connectivity index (χ3n) is 4.16. The van der Waals surface area contributed by atoms with Gasteiger partial charge in [0.15, 0.2) is 5.16 Å². The molecule has 29 heavy (non-hydrogen) atoms. The number of hydrazone groups is 1. The van der Waals surface area contributed by atoms with Crippen LogP contribution in [0.1, 0.15) is 11.3 Å². The lowest BCUT2D eigenvalue weighted by molar-refractivity contribution is -0.118. The van der Waals surface area contributed by atoms with Crippen molar-refractivity contribution in [3.63, 3.8) is 0 Å². The smallest absolute Gasteiger partial charge is 0.250 e. The molecule has 4 rings (SSSR count). The van der Waals surface area contributed by atoms with Crippen LogP contribution < -0.4 is 5.43 Å². The summed E-state index contributed by atoms with van der Waals surface area (Å²) in [7, 11) is 0. The molecule has 0 atom stereocenters. The van der Waals surface area contributed by atoms with E-state index >= 15 is 0 Å². The number of benzene rings is 2. The Kier molecular flexibility index (Phi) is 5.97. The molecule has 0 bridgehead atoms. The molecule has 0 fully saturated rings. The second kappa shape index (κ2) is 8.98. The first kappa shape index (κ1) is 19.3. The van der Waals surface area contributed by atoms with E-state index < -0.39 is 0 Å². The van der Waals surface area contributed by atoms with Crippen molar-refractivity contribution in [2.75, 3.05) is 5.75 Å². The van der Waals surface area contributed by atoms with Gasteiger partial charge in [0.05, 0.1) is 35.8 Å². The molecule has 0 saturated heterocycles. The number of carbonyl (C=O) groups excluding carboxylic acids is 1. The van der Waals surface area contributed by atoms with Crippen LogP contribution in [0.5, 0.6) is 0 Å². The minimum absolute atomic E-state index is 0.182. The number of fused-ring (bicyclic) bond motifs is 1. The molecule has 0 saturated carbocycles. The summed E-state index contributed by atoms with van der Waals surface area (Å²) in [5.74, 6) is 0.523. The standard InChI is InChI=1S/C21H17ClN4O2S/c22-17-8-2-1-6-15(17)13-26-19-10-4-3-9-18(19)24-21(26)29-14-20(27)25-23-12-16-7-5-11-28-16/h1-12H,13-14H2,(H,25,27)/b23-12-. The summed E-state index contributed by atoms with van der Waals surface area (Å²) in [6.07, 6.45) is 3.00. The van der Waals surface area contributed by atoms with Gasteiger partial charge >= 0.3 is 0 Å².